The van der Waals surface area contributed by atoms with Gasteiger partial charge in [-0.2, -0.15) is 0 Å². The molecule has 4 heteroatoms. The van der Waals surface area contributed by atoms with Gasteiger partial charge in [-0.1, -0.05) is 78.9 Å². The van der Waals surface area contributed by atoms with Gasteiger partial charge in [0.2, 0.25) is 0 Å². The summed E-state index contributed by atoms with van der Waals surface area (Å²) < 4.78 is 0. The van der Waals surface area contributed by atoms with Crippen LogP contribution in [-0.4, -0.2) is 12.1 Å². The standard InChI is InChI=1S/C32H28NP.2C5H5.2Fe/c1-23-27-17-11-19-29(27)30-20-12-18-28(30)24(2)33(23)31-21-9-10-22-32(31)34(25-13-5-3-6-14-25)26-15-7-4-8-16-26;2*1-2-4-5-3-1;;/h3-24H,1-2H3;2*1-5H;;/q;;;2*+2/t23-,24-;;;;/m0..../s1. The van der Waals surface area contributed by atoms with Crippen LogP contribution in [0.2, 0.25) is 0 Å². The summed E-state index contributed by atoms with van der Waals surface area (Å²) in [6.07, 6.45) is 33.6. The maximum absolute atomic E-state index is 2.65. The second-order valence-electron chi connectivity index (χ2n) is 11.0. The monoisotopic (exact) mass is 699 g/mol. The zero-order valence-corrected chi connectivity index (χ0v) is 29.2. The van der Waals surface area contributed by atoms with Crippen LogP contribution in [0.25, 0.3) is 0 Å². The third-order valence-corrected chi connectivity index (χ3v) is 10.8. The van der Waals surface area contributed by atoms with Gasteiger partial charge < -0.3 is 4.90 Å². The normalized spacial score (nSPS) is 23.2. The van der Waals surface area contributed by atoms with Gasteiger partial charge in [-0.15, -0.1) is 0 Å². The molecule has 0 unspecified atom stereocenters. The van der Waals surface area contributed by atoms with Gasteiger partial charge in [0, 0.05) is 34.9 Å². The van der Waals surface area contributed by atoms with Crippen molar-refractivity contribution in [3.05, 3.63) is 211 Å². The Bertz CT molecular complexity index is 1170. The summed E-state index contributed by atoms with van der Waals surface area (Å²) in [4.78, 5) is 2.65. The minimum Gasteiger partial charge on any atom is -0.364 e. The zero-order chi connectivity index (χ0) is 30.1. The number of anilines is 1. The Morgan fingerprint density at radius 2 is 0.804 bits per heavy atom. The van der Waals surface area contributed by atoms with Crippen LogP contribution in [0.5, 0.6) is 0 Å². The molecule has 1 nitrogen and oxygen atoms in total. The van der Waals surface area contributed by atoms with E-state index in [1.165, 1.54) is 45.3 Å². The smallest absolute Gasteiger partial charge is 0.364 e. The van der Waals surface area contributed by atoms with E-state index in [0.717, 1.165) is 0 Å². The van der Waals surface area contributed by atoms with Crippen molar-refractivity contribution in [3.8, 4) is 0 Å². The van der Waals surface area contributed by atoms with Crippen molar-refractivity contribution in [2.45, 2.75) is 25.9 Å². The van der Waals surface area contributed by atoms with E-state index in [1.54, 1.807) is 0 Å². The molecule has 8 rings (SSSR count). The minimum atomic E-state index is -0.692. The number of nitrogens with zero attached hydrogens (tertiary/aromatic N) is 1. The van der Waals surface area contributed by atoms with Crippen LogP contribution in [0.1, 0.15) is 13.8 Å². The number of hydrogen-bond acceptors (Lipinski definition) is 1. The Balaban J connectivity index is 0.000000342. The van der Waals surface area contributed by atoms with Crippen molar-refractivity contribution in [2.75, 3.05) is 4.90 Å². The Kier molecular flexibility index (Phi) is 15.8. The predicted molar refractivity (Wildman–Crippen MR) is 188 cm³/mol. The molecule has 4 saturated carbocycles. The fourth-order valence-electron chi connectivity index (χ4n) is 6.23. The molecule has 1 saturated heterocycles. The van der Waals surface area contributed by atoms with E-state index < -0.39 is 7.92 Å². The predicted octanol–water partition coefficient (Wildman–Crippen LogP) is 7.63. The zero-order valence-electron chi connectivity index (χ0n) is 26.1. The van der Waals surface area contributed by atoms with E-state index in [-0.39, 0.29) is 46.2 Å². The SMILES string of the molecule is C[C@H]1[C]2[CH][CH][CH][C]2[C]2[CH][CH][CH][C]2[C@H](C)N1c1ccccc1P(c1ccccc1)c1ccccc1.[CH]1[CH][CH][CH][CH]1.[CH]1[CH][CH][CH][CH]1.[Fe+2].[Fe+2]. The van der Waals surface area contributed by atoms with Crippen LogP contribution in [0.15, 0.2) is 84.9 Å². The van der Waals surface area contributed by atoms with E-state index >= 15 is 0 Å². The topological polar surface area (TPSA) is 3.24 Å². The molecule has 1 aliphatic heterocycles. The number of benzene rings is 3. The van der Waals surface area contributed by atoms with E-state index in [9.17, 15) is 0 Å². The Labute approximate surface area is 304 Å². The Morgan fingerprint density at radius 3 is 1.22 bits per heavy atom. The van der Waals surface area contributed by atoms with Crippen molar-refractivity contribution in [1.82, 2.24) is 0 Å². The molecule has 2 atom stereocenters. The van der Waals surface area contributed by atoms with Crippen molar-refractivity contribution in [2.24, 2.45) is 0 Å². The van der Waals surface area contributed by atoms with Gasteiger partial charge in [0.1, 0.15) is 0 Å². The molecular weight excluding hydrogens is 661 g/mol. The summed E-state index contributed by atoms with van der Waals surface area (Å²) in [5.41, 5.74) is 1.34. The van der Waals surface area contributed by atoms with Crippen molar-refractivity contribution in [3.63, 3.8) is 0 Å². The van der Waals surface area contributed by atoms with Crippen LogP contribution in [0.4, 0.5) is 5.69 Å². The fraction of sp³-hybridized carbons (Fsp3) is 0.0952. The number of rotatable bonds is 4. The van der Waals surface area contributed by atoms with Crippen molar-refractivity contribution >= 4 is 29.5 Å². The van der Waals surface area contributed by atoms with Gasteiger partial charge in [-0.25, -0.2) is 0 Å². The summed E-state index contributed by atoms with van der Waals surface area (Å²) in [5, 5.41) is 4.18. The molecule has 0 amide bonds. The third-order valence-electron chi connectivity index (χ3n) is 8.26. The van der Waals surface area contributed by atoms with Gasteiger partial charge in [0.15, 0.2) is 0 Å². The van der Waals surface area contributed by atoms with Gasteiger partial charge in [0.05, 0.1) is 0 Å². The molecule has 0 N–H and O–H groups in total. The van der Waals surface area contributed by atoms with Crippen molar-refractivity contribution < 1.29 is 34.1 Å². The molecule has 3 aromatic carbocycles. The first-order valence-electron chi connectivity index (χ1n) is 15.4. The molecule has 46 heavy (non-hydrogen) atoms. The summed E-state index contributed by atoms with van der Waals surface area (Å²) >= 11 is 0. The summed E-state index contributed by atoms with van der Waals surface area (Å²) in [7, 11) is -0.692. The minimum absolute atomic E-state index is 0. The van der Waals surface area contributed by atoms with Crippen LogP contribution < -0.4 is 20.8 Å². The van der Waals surface area contributed by atoms with Gasteiger partial charge in [0.25, 0.3) is 0 Å². The largest absolute Gasteiger partial charge is 2.00 e. The molecule has 0 spiro atoms. The average Bonchev–Trinajstić information content (AvgIpc) is 3.91. The van der Waals surface area contributed by atoms with Gasteiger partial charge in [-0.3, -0.25) is 0 Å². The molecule has 20 radical (unpaired) electrons. The second-order valence-corrected chi connectivity index (χ2v) is 13.2. The molecule has 0 bridgehead atoms. The quantitative estimate of drug-likeness (QED) is 0.200. The molecule has 5 aliphatic rings. The van der Waals surface area contributed by atoms with E-state index in [4.69, 9.17) is 0 Å². The molecule has 1 heterocycles. The van der Waals surface area contributed by atoms with Crippen LogP contribution in [-0.2, 0) is 34.1 Å². The molecule has 228 valence electrons. The maximum atomic E-state index is 2.65. The molecule has 4 aliphatic carbocycles. The van der Waals surface area contributed by atoms with Gasteiger partial charge in [-0.05, 0) is 153 Å². The molecule has 5 fully saturated rings. The Morgan fingerprint density at radius 1 is 0.435 bits per heavy atom. The summed E-state index contributed by atoms with van der Waals surface area (Å²) in [6, 6.07) is 31.7. The fourth-order valence-corrected chi connectivity index (χ4v) is 8.68. The first-order valence-corrected chi connectivity index (χ1v) is 16.7. The first-order chi connectivity index (χ1) is 21.7. The van der Waals surface area contributed by atoms with Crippen LogP contribution >= 0.6 is 7.92 Å². The number of hydrogen-bond donors (Lipinski definition) is 0. The van der Waals surface area contributed by atoms with Crippen LogP contribution in [0.3, 0.4) is 0 Å². The third kappa shape index (κ3) is 8.93. The summed E-state index contributed by atoms with van der Waals surface area (Å²) in [6.45, 7) is 4.73. The molecule has 0 aromatic heterocycles. The number of para-hydroxylation sites is 1. The Hall–Kier alpha value is -1.07. The van der Waals surface area contributed by atoms with Gasteiger partial charge >= 0.3 is 34.1 Å². The second kappa shape index (κ2) is 19.2. The van der Waals surface area contributed by atoms with E-state index in [1.807, 2.05) is 64.2 Å². The van der Waals surface area contributed by atoms with Crippen molar-refractivity contribution in [1.29, 1.82) is 0 Å². The van der Waals surface area contributed by atoms with E-state index in [2.05, 4.69) is 142 Å². The number of fused-ring (bicyclic) bond motifs is 3. The average molecular weight is 699 g/mol. The van der Waals surface area contributed by atoms with Crippen LogP contribution in [0, 0.1) is 126 Å². The molecular formula is C42H38Fe2NP+4. The van der Waals surface area contributed by atoms with E-state index in [0.29, 0.717) is 0 Å². The summed E-state index contributed by atoms with van der Waals surface area (Å²) in [5.74, 6) is 5.59. The molecule has 3 aromatic rings. The first kappa shape index (κ1) is 37.7. The maximum Gasteiger partial charge on any atom is 2.00 e.